The highest BCUT2D eigenvalue weighted by Gasteiger charge is 2.14. The lowest BCUT2D eigenvalue weighted by Crippen LogP contribution is -3.14. The standard InChI is InChI=1S/C19H32ClN5O2S/c1-3-7-25(8-4-2)17-14-16(20)22-19(23-17)28-15-18(26)21-6-5-9-24-10-12-27-13-11-24/h14H,3-13,15H2,1-2H3,(H,21,26)/p+1. The fourth-order valence-electron chi connectivity index (χ4n) is 3.15. The molecule has 0 aromatic carbocycles. The van der Waals surface area contributed by atoms with Gasteiger partial charge in [-0.15, -0.1) is 0 Å². The van der Waals surface area contributed by atoms with Gasteiger partial charge in [-0.3, -0.25) is 4.79 Å². The van der Waals surface area contributed by atoms with Crippen LogP contribution in [0.4, 0.5) is 5.82 Å². The number of aromatic nitrogens is 2. The Morgan fingerprint density at radius 3 is 2.68 bits per heavy atom. The van der Waals surface area contributed by atoms with Crippen molar-refractivity contribution in [2.75, 3.05) is 63.1 Å². The lowest BCUT2D eigenvalue weighted by Gasteiger charge is -2.23. The van der Waals surface area contributed by atoms with Crippen LogP contribution in [-0.2, 0) is 9.53 Å². The summed E-state index contributed by atoms with van der Waals surface area (Å²) in [5.41, 5.74) is 0. The number of hydrogen-bond donors (Lipinski definition) is 2. The van der Waals surface area contributed by atoms with E-state index in [4.69, 9.17) is 16.3 Å². The summed E-state index contributed by atoms with van der Waals surface area (Å²) < 4.78 is 5.36. The first-order chi connectivity index (χ1) is 13.6. The highest BCUT2D eigenvalue weighted by molar-refractivity contribution is 7.99. The van der Waals surface area contributed by atoms with Gasteiger partial charge in [-0.1, -0.05) is 37.2 Å². The smallest absolute Gasteiger partial charge is 0.230 e. The van der Waals surface area contributed by atoms with Crippen molar-refractivity contribution in [1.82, 2.24) is 15.3 Å². The largest absolute Gasteiger partial charge is 0.370 e. The number of quaternary nitrogens is 1. The van der Waals surface area contributed by atoms with E-state index in [0.29, 0.717) is 22.6 Å². The van der Waals surface area contributed by atoms with E-state index in [1.807, 2.05) is 0 Å². The van der Waals surface area contributed by atoms with E-state index in [-0.39, 0.29) is 5.91 Å². The molecular formula is C19H33ClN5O2S+. The van der Waals surface area contributed by atoms with Crippen molar-refractivity contribution >= 4 is 35.1 Å². The normalized spacial score (nSPS) is 14.8. The Kier molecular flexibility index (Phi) is 10.9. The fraction of sp³-hybridized carbons (Fsp3) is 0.737. The SMILES string of the molecule is CCCN(CCC)c1cc(Cl)nc(SCC(=O)NCCC[NH+]2CCOCC2)n1. The predicted octanol–water partition coefficient (Wildman–Crippen LogP) is 1.27. The van der Waals surface area contributed by atoms with E-state index < -0.39 is 0 Å². The van der Waals surface area contributed by atoms with Crippen LogP contribution in [-0.4, -0.2) is 74.1 Å². The molecule has 1 aromatic rings. The predicted molar refractivity (Wildman–Crippen MR) is 115 cm³/mol. The minimum atomic E-state index is 0.00563. The number of halogens is 1. The molecule has 28 heavy (non-hydrogen) atoms. The van der Waals surface area contributed by atoms with E-state index in [0.717, 1.165) is 71.0 Å². The number of anilines is 1. The van der Waals surface area contributed by atoms with Crippen LogP contribution in [0.15, 0.2) is 11.2 Å². The van der Waals surface area contributed by atoms with Crippen molar-refractivity contribution in [3.8, 4) is 0 Å². The second-order valence-electron chi connectivity index (χ2n) is 6.92. The van der Waals surface area contributed by atoms with Crippen molar-refractivity contribution in [3.05, 3.63) is 11.2 Å². The third kappa shape index (κ3) is 8.51. The molecule has 2 N–H and O–H groups in total. The third-order valence-corrected chi connectivity index (χ3v) is 5.57. The van der Waals surface area contributed by atoms with E-state index >= 15 is 0 Å². The second-order valence-corrected chi connectivity index (χ2v) is 8.25. The van der Waals surface area contributed by atoms with Gasteiger partial charge in [0.15, 0.2) is 5.16 Å². The van der Waals surface area contributed by atoms with Gasteiger partial charge >= 0.3 is 0 Å². The van der Waals surface area contributed by atoms with Gasteiger partial charge < -0.3 is 19.9 Å². The van der Waals surface area contributed by atoms with Crippen LogP contribution < -0.4 is 15.1 Å². The molecule has 0 saturated carbocycles. The fourth-order valence-corrected chi connectivity index (χ4v) is 4.06. The first-order valence-corrected chi connectivity index (χ1v) is 11.6. The van der Waals surface area contributed by atoms with Gasteiger partial charge in [-0.25, -0.2) is 9.97 Å². The molecule has 158 valence electrons. The molecule has 1 aromatic heterocycles. The maximum absolute atomic E-state index is 12.1. The molecule has 0 spiro atoms. The lowest BCUT2D eigenvalue weighted by molar-refractivity contribution is -0.908. The average molecular weight is 431 g/mol. The Labute approximate surface area is 177 Å². The molecule has 1 aliphatic heterocycles. The topological polar surface area (TPSA) is 71.8 Å². The van der Waals surface area contributed by atoms with Crippen molar-refractivity contribution in [2.45, 2.75) is 38.3 Å². The summed E-state index contributed by atoms with van der Waals surface area (Å²) in [7, 11) is 0. The Morgan fingerprint density at radius 2 is 2.00 bits per heavy atom. The highest BCUT2D eigenvalue weighted by atomic mass is 35.5. The van der Waals surface area contributed by atoms with Crippen molar-refractivity contribution < 1.29 is 14.4 Å². The molecule has 1 aliphatic rings. The van der Waals surface area contributed by atoms with Crippen LogP contribution in [0.25, 0.3) is 0 Å². The second kappa shape index (κ2) is 13.2. The molecule has 1 amide bonds. The molecule has 7 nitrogen and oxygen atoms in total. The quantitative estimate of drug-likeness (QED) is 0.225. The van der Waals surface area contributed by atoms with Gasteiger partial charge in [-0.05, 0) is 12.8 Å². The van der Waals surface area contributed by atoms with Crippen LogP contribution in [0.5, 0.6) is 0 Å². The van der Waals surface area contributed by atoms with Gasteiger partial charge in [0.2, 0.25) is 5.91 Å². The summed E-state index contributed by atoms with van der Waals surface area (Å²) in [5.74, 6) is 1.14. The zero-order valence-corrected chi connectivity index (χ0v) is 18.6. The Balaban J connectivity index is 1.75. The Morgan fingerprint density at radius 1 is 1.29 bits per heavy atom. The molecule has 0 bridgehead atoms. The molecule has 0 radical (unpaired) electrons. The minimum absolute atomic E-state index is 0.00563. The molecular weight excluding hydrogens is 398 g/mol. The number of nitrogens with one attached hydrogen (secondary N) is 2. The number of carbonyl (C=O) groups excluding carboxylic acids is 1. The van der Waals surface area contributed by atoms with Crippen molar-refractivity contribution in [1.29, 1.82) is 0 Å². The van der Waals surface area contributed by atoms with Crippen LogP contribution in [0.3, 0.4) is 0 Å². The monoisotopic (exact) mass is 430 g/mol. The van der Waals surface area contributed by atoms with Gasteiger partial charge in [0.1, 0.15) is 24.1 Å². The summed E-state index contributed by atoms with van der Waals surface area (Å²) in [6.45, 7) is 11.7. The van der Waals surface area contributed by atoms with Crippen LogP contribution in [0.1, 0.15) is 33.1 Å². The summed E-state index contributed by atoms with van der Waals surface area (Å²) in [6, 6.07) is 1.80. The third-order valence-electron chi connectivity index (χ3n) is 4.53. The number of rotatable bonds is 12. The van der Waals surface area contributed by atoms with Crippen LogP contribution in [0, 0.1) is 0 Å². The first kappa shape index (κ1) is 23.2. The van der Waals surface area contributed by atoms with Crippen molar-refractivity contribution in [2.24, 2.45) is 0 Å². The van der Waals surface area contributed by atoms with Crippen LogP contribution in [0.2, 0.25) is 5.15 Å². The van der Waals surface area contributed by atoms with Crippen LogP contribution >= 0.6 is 23.4 Å². The summed E-state index contributed by atoms with van der Waals surface area (Å²) in [5, 5.41) is 3.95. The summed E-state index contributed by atoms with van der Waals surface area (Å²) in [6.07, 6.45) is 3.06. The Hall–Kier alpha value is -1.09. The molecule has 0 unspecified atom stereocenters. The lowest BCUT2D eigenvalue weighted by atomic mass is 10.3. The maximum atomic E-state index is 12.1. The summed E-state index contributed by atoms with van der Waals surface area (Å²) >= 11 is 7.51. The molecule has 2 rings (SSSR count). The van der Waals surface area contributed by atoms with Gasteiger partial charge in [0.05, 0.1) is 25.5 Å². The number of nitrogens with zero attached hydrogens (tertiary/aromatic N) is 3. The van der Waals surface area contributed by atoms with E-state index in [9.17, 15) is 4.79 Å². The number of amides is 1. The number of thioether (sulfide) groups is 1. The van der Waals surface area contributed by atoms with E-state index in [1.165, 1.54) is 11.8 Å². The van der Waals surface area contributed by atoms with Gasteiger partial charge in [0, 0.05) is 32.1 Å². The molecule has 0 atom stereocenters. The Bertz CT molecular complexity index is 596. The minimum Gasteiger partial charge on any atom is -0.370 e. The number of hydrogen-bond acceptors (Lipinski definition) is 6. The van der Waals surface area contributed by atoms with Crippen molar-refractivity contribution in [3.63, 3.8) is 0 Å². The highest BCUT2D eigenvalue weighted by Crippen LogP contribution is 2.22. The molecule has 2 heterocycles. The molecule has 1 fully saturated rings. The maximum Gasteiger partial charge on any atom is 0.230 e. The van der Waals surface area contributed by atoms with E-state index in [2.05, 4.69) is 34.0 Å². The van der Waals surface area contributed by atoms with E-state index in [1.54, 1.807) is 11.0 Å². The number of morpholine rings is 1. The zero-order valence-electron chi connectivity index (χ0n) is 17.0. The first-order valence-electron chi connectivity index (χ1n) is 10.2. The average Bonchev–Trinajstić information content (AvgIpc) is 2.70. The molecule has 9 heteroatoms. The molecule has 1 saturated heterocycles. The van der Waals surface area contributed by atoms with Gasteiger partial charge in [-0.2, -0.15) is 0 Å². The summed E-state index contributed by atoms with van der Waals surface area (Å²) in [4.78, 5) is 24.7. The number of ether oxygens (including phenoxy) is 1. The number of carbonyl (C=O) groups is 1. The zero-order chi connectivity index (χ0) is 20.2. The molecule has 0 aliphatic carbocycles. The van der Waals surface area contributed by atoms with Gasteiger partial charge in [0.25, 0.3) is 0 Å².